The Morgan fingerprint density at radius 3 is 2.30 bits per heavy atom. The van der Waals surface area contributed by atoms with Crippen molar-refractivity contribution in [1.29, 1.82) is 0 Å². The molecule has 0 bridgehead atoms. The number of ether oxygens (including phenoxy) is 1. The Labute approximate surface area is 223 Å². The molecule has 0 aliphatic heterocycles. The van der Waals surface area contributed by atoms with Crippen LogP contribution < -0.4 is 10.2 Å². The van der Waals surface area contributed by atoms with Gasteiger partial charge in [0, 0.05) is 23.2 Å². The molecule has 0 spiro atoms. The highest BCUT2D eigenvalue weighted by atomic mass is 35.5. The highest BCUT2D eigenvalue weighted by molar-refractivity contribution is 7.99. The van der Waals surface area contributed by atoms with Gasteiger partial charge in [-0.15, -0.1) is 10.2 Å². The van der Waals surface area contributed by atoms with Gasteiger partial charge in [-0.1, -0.05) is 41.1 Å². The number of nitrogens with zero attached hydrogens (tertiary/aromatic N) is 4. The summed E-state index contributed by atoms with van der Waals surface area (Å²) in [5.41, 5.74) is 6.85. The molecule has 3 aromatic carbocycles. The lowest BCUT2D eigenvalue weighted by atomic mass is 10.1. The first-order valence-corrected chi connectivity index (χ1v) is 12.7. The molecular weight excluding hydrogens is 510 g/mol. The van der Waals surface area contributed by atoms with E-state index in [0.29, 0.717) is 27.5 Å². The molecule has 1 aromatic heterocycles. The average Bonchev–Trinajstić information content (AvgIpc) is 3.31. The number of aromatic nitrogens is 3. The van der Waals surface area contributed by atoms with Crippen LogP contribution in [0.25, 0.3) is 17.1 Å². The fourth-order valence-electron chi connectivity index (χ4n) is 3.38. The molecule has 1 heterocycles. The highest BCUT2D eigenvalue weighted by Gasteiger charge is 2.17. The Bertz CT molecular complexity index is 1430. The lowest BCUT2D eigenvalue weighted by Gasteiger charge is -2.11. The maximum absolute atomic E-state index is 12.6. The third-order valence-corrected chi connectivity index (χ3v) is 6.42. The van der Waals surface area contributed by atoms with Gasteiger partial charge in [0.2, 0.25) is 0 Å². The SMILES string of the molecule is CC(=O)Oc1ccc(/C(C)=N\NC(=O)CSc2nnc(-c3ccc(Cl)cc3)n2-c2ccc(C)cc2)cc1. The minimum atomic E-state index is -0.388. The summed E-state index contributed by atoms with van der Waals surface area (Å²) in [5.74, 6) is 0.510. The van der Waals surface area contributed by atoms with Crippen molar-refractivity contribution in [2.24, 2.45) is 5.10 Å². The molecule has 0 atom stereocenters. The van der Waals surface area contributed by atoms with E-state index >= 15 is 0 Å². The van der Waals surface area contributed by atoms with Gasteiger partial charge in [-0.05, 0) is 80.1 Å². The number of hydrogen-bond donors (Lipinski definition) is 1. The quantitative estimate of drug-likeness (QED) is 0.106. The van der Waals surface area contributed by atoms with Crippen molar-refractivity contribution < 1.29 is 14.3 Å². The predicted molar refractivity (Wildman–Crippen MR) is 145 cm³/mol. The third-order valence-electron chi connectivity index (χ3n) is 5.24. The predicted octanol–water partition coefficient (Wildman–Crippen LogP) is 5.45. The molecule has 1 amide bonds. The molecular formula is C27H24ClN5O3S. The van der Waals surface area contributed by atoms with E-state index in [-0.39, 0.29) is 17.6 Å². The van der Waals surface area contributed by atoms with Crippen LogP contribution in [0.15, 0.2) is 83.1 Å². The van der Waals surface area contributed by atoms with Crippen molar-refractivity contribution >= 4 is 41.0 Å². The van der Waals surface area contributed by atoms with Crippen LogP contribution in [0.1, 0.15) is 25.0 Å². The zero-order chi connectivity index (χ0) is 26.4. The van der Waals surface area contributed by atoms with Crippen LogP contribution >= 0.6 is 23.4 Å². The molecule has 8 nitrogen and oxygen atoms in total. The highest BCUT2D eigenvalue weighted by Crippen LogP contribution is 2.29. The first-order chi connectivity index (χ1) is 17.8. The van der Waals surface area contributed by atoms with Crippen LogP contribution in [-0.4, -0.2) is 38.1 Å². The first-order valence-electron chi connectivity index (χ1n) is 11.3. The Hall–Kier alpha value is -3.95. The van der Waals surface area contributed by atoms with Gasteiger partial charge < -0.3 is 4.74 Å². The number of benzene rings is 3. The number of carbonyl (C=O) groups is 2. The number of aryl methyl sites for hydroxylation is 1. The van der Waals surface area contributed by atoms with Gasteiger partial charge >= 0.3 is 5.97 Å². The number of hydrogen-bond acceptors (Lipinski definition) is 7. The Morgan fingerprint density at radius 1 is 0.973 bits per heavy atom. The van der Waals surface area contributed by atoms with Gasteiger partial charge in [0.05, 0.1) is 11.5 Å². The zero-order valence-electron chi connectivity index (χ0n) is 20.4. The van der Waals surface area contributed by atoms with E-state index in [1.165, 1.54) is 18.7 Å². The van der Waals surface area contributed by atoms with Crippen LogP contribution in [-0.2, 0) is 9.59 Å². The summed E-state index contributed by atoms with van der Waals surface area (Å²) in [6.45, 7) is 5.14. The summed E-state index contributed by atoms with van der Waals surface area (Å²) in [4.78, 5) is 23.6. The zero-order valence-corrected chi connectivity index (χ0v) is 22.0. The molecule has 0 saturated heterocycles. The van der Waals surface area contributed by atoms with Crippen molar-refractivity contribution in [1.82, 2.24) is 20.2 Å². The van der Waals surface area contributed by atoms with Gasteiger partial charge in [0.1, 0.15) is 5.75 Å². The van der Waals surface area contributed by atoms with E-state index in [0.717, 1.165) is 22.4 Å². The second-order valence-electron chi connectivity index (χ2n) is 8.12. The summed E-state index contributed by atoms with van der Waals surface area (Å²) in [5, 5.41) is 14.1. The molecule has 0 radical (unpaired) electrons. The second kappa shape index (κ2) is 11.9. The summed E-state index contributed by atoms with van der Waals surface area (Å²) in [6, 6.07) is 22.2. The van der Waals surface area contributed by atoms with Gasteiger partial charge in [-0.25, -0.2) is 5.43 Å². The topological polar surface area (TPSA) is 98.5 Å². The molecule has 4 rings (SSSR count). The van der Waals surface area contributed by atoms with Crippen molar-refractivity contribution in [3.05, 3.63) is 88.9 Å². The van der Waals surface area contributed by atoms with E-state index in [1.54, 1.807) is 43.3 Å². The Balaban J connectivity index is 1.47. The van der Waals surface area contributed by atoms with E-state index in [4.69, 9.17) is 16.3 Å². The molecule has 37 heavy (non-hydrogen) atoms. The van der Waals surface area contributed by atoms with Crippen molar-refractivity contribution in [3.8, 4) is 22.8 Å². The number of nitrogens with one attached hydrogen (secondary N) is 1. The van der Waals surface area contributed by atoms with E-state index in [1.807, 2.05) is 47.9 Å². The summed E-state index contributed by atoms with van der Waals surface area (Å²) in [7, 11) is 0. The number of halogens is 1. The summed E-state index contributed by atoms with van der Waals surface area (Å²) >= 11 is 7.32. The Morgan fingerprint density at radius 2 is 1.65 bits per heavy atom. The Kier molecular flexibility index (Phi) is 8.37. The molecule has 0 saturated carbocycles. The maximum atomic E-state index is 12.6. The maximum Gasteiger partial charge on any atom is 0.308 e. The van der Waals surface area contributed by atoms with Crippen LogP contribution in [0.3, 0.4) is 0 Å². The first kappa shape index (κ1) is 26.1. The van der Waals surface area contributed by atoms with E-state index in [2.05, 4.69) is 20.7 Å². The fraction of sp³-hybridized carbons (Fsp3) is 0.148. The van der Waals surface area contributed by atoms with E-state index in [9.17, 15) is 9.59 Å². The monoisotopic (exact) mass is 533 g/mol. The lowest BCUT2D eigenvalue weighted by Crippen LogP contribution is -2.21. The van der Waals surface area contributed by atoms with E-state index < -0.39 is 0 Å². The fourth-order valence-corrected chi connectivity index (χ4v) is 4.25. The summed E-state index contributed by atoms with van der Waals surface area (Å²) < 4.78 is 6.95. The largest absolute Gasteiger partial charge is 0.427 e. The van der Waals surface area contributed by atoms with Gasteiger partial charge in [-0.3, -0.25) is 14.2 Å². The number of hydrazone groups is 1. The molecule has 1 N–H and O–H groups in total. The number of thioether (sulfide) groups is 1. The second-order valence-corrected chi connectivity index (χ2v) is 9.50. The van der Waals surface area contributed by atoms with Crippen LogP contribution in [0.2, 0.25) is 5.02 Å². The third kappa shape index (κ3) is 6.84. The minimum absolute atomic E-state index is 0.0901. The van der Waals surface area contributed by atoms with Crippen molar-refractivity contribution in [3.63, 3.8) is 0 Å². The lowest BCUT2D eigenvalue weighted by molar-refractivity contribution is -0.131. The molecule has 188 valence electrons. The molecule has 4 aromatic rings. The van der Waals surface area contributed by atoms with Crippen LogP contribution in [0, 0.1) is 6.92 Å². The van der Waals surface area contributed by atoms with Gasteiger partial charge in [-0.2, -0.15) is 5.10 Å². The van der Waals surface area contributed by atoms with Crippen LogP contribution in [0.4, 0.5) is 0 Å². The number of esters is 1. The molecule has 0 aliphatic carbocycles. The number of amides is 1. The van der Waals surface area contributed by atoms with Crippen molar-refractivity contribution in [2.75, 3.05) is 5.75 Å². The normalized spacial score (nSPS) is 11.3. The number of carbonyl (C=O) groups excluding carboxylic acids is 2. The standard InChI is InChI=1S/C27H24ClN5O3S/c1-17-4-12-23(13-5-17)33-26(21-6-10-22(28)11-7-21)31-32-27(33)37-16-25(35)30-29-18(2)20-8-14-24(15-9-20)36-19(3)34/h4-15H,16H2,1-3H3,(H,30,35)/b29-18-. The smallest absolute Gasteiger partial charge is 0.308 e. The van der Waals surface area contributed by atoms with Gasteiger partial charge in [0.15, 0.2) is 11.0 Å². The van der Waals surface area contributed by atoms with Gasteiger partial charge in [0.25, 0.3) is 5.91 Å². The molecule has 0 unspecified atom stereocenters. The molecule has 10 heteroatoms. The molecule has 0 fully saturated rings. The summed E-state index contributed by atoms with van der Waals surface area (Å²) in [6.07, 6.45) is 0. The van der Waals surface area contributed by atoms with Crippen LogP contribution in [0.5, 0.6) is 5.75 Å². The molecule has 0 aliphatic rings. The number of rotatable bonds is 8. The minimum Gasteiger partial charge on any atom is -0.427 e. The average molecular weight is 534 g/mol. The van der Waals surface area contributed by atoms with Crippen molar-refractivity contribution in [2.45, 2.75) is 25.9 Å².